The summed E-state index contributed by atoms with van der Waals surface area (Å²) in [6.07, 6.45) is 2.25. The van der Waals surface area contributed by atoms with Gasteiger partial charge in [-0.05, 0) is 31.8 Å². The van der Waals surface area contributed by atoms with E-state index in [4.69, 9.17) is 0 Å². The van der Waals surface area contributed by atoms with E-state index in [0.29, 0.717) is 5.92 Å². The Morgan fingerprint density at radius 1 is 1.38 bits per heavy atom. The molecule has 5 heteroatoms. The molecule has 2 amide bonds. The zero-order valence-electron chi connectivity index (χ0n) is 10.1. The molecule has 1 fully saturated rings. The molecular formula is C11H21N3O2. The second-order valence-corrected chi connectivity index (χ2v) is 4.38. The van der Waals surface area contributed by atoms with Crippen molar-refractivity contribution >= 4 is 11.8 Å². The summed E-state index contributed by atoms with van der Waals surface area (Å²) in [7, 11) is 1.80. The molecule has 0 aliphatic carbocycles. The fourth-order valence-corrected chi connectivity index (χ4v) is 1.89. The highest BCUT2D eigenvalue weighted by atomic mass is 16.2. The van der Waals surface area contributed by atoms with Crippen LogP contribution in [0.15, 0.2) is 0 Å². The maximum absolute atomic E-state index is 11.6. The summed E-state index contributed by atoms with van der Waals surface area (Å²) in [6, 6.07) is 0. The summed E-state index contributed by atoms with van der Waals surface area (Å²) in [5.74, 6) is 0.407. The lowest BCUT2D eigenvalue weighted by molar-refractivity contribution is -0.131. The minimum Gasteiger partial charge on any atom is -0.347 e. The van der Waals surface area contributed by atoms with Crippen LogP contribution in [0.1, 0.15) is 19.8 Å². The minimum atomic E-state index is -0.163. The summed E-state index contributed by atoms with van der Waals surface area (Å²) in [5.41, 5.74) is 0. The number of carbonyl (C=O) groups is 2. The molecule has 0 radical (unpaired) electrons. The summed E-state index contributed by atoms with van der Waals surface area (Å²) in [6.45, 7) is 4.40. The zero-order valence-corrected chi connectivity index (χ0v) is 10.1. The maximum atomic E-state index is 11.6. The Balaban J connectivity index is 2.24. The normalized spacial score (nSPS) is 16.9. The van der Waals surface area contributed by atoms with E-state index < -0.39 is 0 Å². The van der Waals surface area contributed by atoms with Crippen LogP contribution in [0.4, 0.5) is 0 Å². The summed E-state index contributed by atoms with van der Waals surface area (Å²) in [5, 5.41) is 5.82. The van der Waals surface area contributed by atoms with E-state index in [1.165, 1.54) is 6.92 Å². The van der Waals surface area contributed by atoms with E-state index in [9.17, 15) is 9.59 Å². The quantitative estimate of drug-likeness (QED) is 0.686. The first-order chi connectivity index (χ1) is 7.59. The molecule has 1 aliphatic heterocycles. The van der Waals surface area contributed by atoms with Crippen molar-refractivity contribution < 1.29 is 9.59 Å². The van der Waals surface area contributed by atoms with Crippen molar-refractivity contribution in [1.29, 1.82) is 0 Å². The maximum Gasteiger partial charge on any atom is 0.241 e. The molecule has 0 aromatic carbocycles. The van der Waals surface area contributed by atoms with Gasteiger partial charge in [-0.3, -0.25) is 9.59 Å². The van der Waals surface area contributed by atoms with Crippen LogP contribution in [-0.4, -0.2) is 49.9 Å². The molecule has 1 heterocycles. The summed E-state index contributed by atoms with van der Waals surface area (Å²) >= 11 is 0. The van der Waals surface area contributed by atoms with E-state index in [2.05, 4.69) is 10.6 Å². The van der Waals surface area contributed by atoms with Crippen molar-refractivity contribution in [3.8, 4) is 0 Å². The molecule has 16 heavy (non-hydrogen) atoms. The molecule has 92 valence electrons. The van der Waals surface area contributed by atoms with Crippen molar-refractivity contribution in [3.63, 3.8) is 0 Å². The van der Waals surface area contributed by atoms with Gasteiger partial charge in [0, 0.05) is 20.5 Å². The topological polar surface area (TPSA) is 61.4 Å². The van der Waals surface area contributed by atoms with E-state index in [-0.39, 0.29) is 18.4 Å². The lowest BCUT2D eigenvalue weighted by Crippen LogP contribution is -2.41. The number of nitrogens with one attached hydrogen (secondary N) is 2. The van der Waals surface area contributed by atoms with Gasteiger partial charge in [-0.15, -0.1) is 0 Å². The smallest absolute Gasteiger partial charge is 0.241 e. The van der Waals surface area contributed by atoms with Gasteiger partial charge in [0.15, 0.2) is 0 Å². The second-order valence-electron chi connectivity index (χ2n) is 4.38. The van der Waals surface area contributed by atoms with Crippen LogP contribution in [0.25, 0.3) is 0 Å². The number of carbonyl (C=O) groups excluding carboxylic acids is 2. The van der Waals surface area contributed by atoms with Gasteiger partial charge >= 0.3 is 0 Å². The first kappa shape index (κ1) is 13.0. The van der Waals surface area contributed by atoms with Crippen molar-refractivity contribution in [2.24, 2.45) is 5.92 Å². The molecule has 2 N–H and O–H groups in total. The molecule has 0 saturated carbocycles. The monoisotopic (exact) mass is 227 g/mol. The Bertz CT molecular complexity index is 250. The third kappa shape index (κ3) is 4.61. The molecule has 0 bridgehead atoms. The average molecular weight is 227 g/mol. The van der Waals surface area contributed by atoms with Crippen LogP contribution in [0.3, 0.4) is 0 Å². The fourth-order valence-electron chi connectivity index (χ4n) is 1.89. The number of nitrogens with zero attached hydrogens (tertiary/aromatic N) is 1. The van der Waals surface area contributed by atoms with Crippen LogP contribution >= 0.6 is 0 Å². The van der Waals surface area contributed by atoms with Crippen molar-refractivity contribution in [2.45, 2.75) is 19.8 Å². The molecule has 0 aromatic rings. The molecule has 1 rings (SSSR count). The van der Waals surface area contributed by atoms with E-state index in [0.717, 1.165) is 32.5 Å². The predicted molar refractivity (Wildman–Crippen MR) is 61.9 cm³/mol. The van der Waals surface area contributed by atoms with E-state index in [1.54, 1.807) is 11.9 Å². The van der Waals surface area contributed by atoms with Gasteiger partial charge in [0.1, 0.15) is 0 Å². The molecule has 5 nitrogen and oxygen atoms in total. The molecule has 0 atom stereocenters. The van der Waals surface area contributed by atoms with E-state index >= 15 is 0 Å². The highest BCUT2D eigenvalue weighted by Crippen LogP contribution is 2.12. The minimum absolute atomic E-state index is 0.0197. The third-order valence-electron chi connectivity index (χ3n) is 2.91. The number of hydrogen-bond donors (Lipinski definition) is 2. The van der Waals surface area contributed by atoms with Crippen LogP contribution in [-0.2, 0) is 9.59 Å². The second kappa shape index (κ2) is 6.48. The molecule has 0 aromatic heterocycles. The van der Waals surface area contributed by atoms with Crippen LogP contribution in [0.5, 0.6) is 0 Å². The van der Waals surface area contributed by atoms with Crippen molar-refractivity contribution in [3.05, 3.63) is 0 Å². The lowest BCUT2D eigenvalue weighted by atomic mass is 9.98. The van der Waals surface area contributed by atoms with Gasteiger partial charge in [0.2, 0.25) is 11.8 Å². The number of rotatable bonds is 4. The van der Waals surface area contributed by atoms with Gasteiger partial charge in [0.25, 0.3) is 0 Å². The third-order valence-corrected chi connectivity index (χ3v) is 2.91. The number of likely N-dealkylation sites (N-methyl/N-ethyl adjacent to an activating group) is 1. The zero-order chi connectivity index (χ0) is 12.0. The molecular weight excluding hydrogens is 206 g/mol. The summed E-state index contributed by atoms with van der Waals surface area (Å²) < 4.78 is 0. The fraction of sp³-hybridized carbons (Fsp3) is 0.818. The summed E-state index contributed by atoms with van der Waals surface area (Å²) in [4.78, 5) is 24.0. The van der Waals surface area contributed by atoms with Gasteiger partial charge in [-0.2, -0.15) is 0 Å². The van der Waals surface area contributed by atoms with Crippen molar-refractivity contribution in [1.82, 2.24) is 15.5 Å². The average Bonchev–Trinajstić information content (AvgIpc) is 2.27. The van der Waals surface area contributed by atoms with Gasteiger partial charge < -0.3 is 15.5 Å². The predicted octanol–water partition coefficient (Wildman–Crippen LogP) is -0.419. The first-order valence-electron chi connectivity index (χ1n) is 5.78. The molecule has 1 aliphatic rings. The van der Waals surface area contributed by atoms with Gasteiger partial charge in [0.05, 0.1) is 6.54 Å². The Morgan fingerprint density at radius 2 is 2.00 bits per heavy atom. The number of hydrogen-bond acceptors (Lipinski definition) is 3. The number of amides is 2. The molecule has 1 saturated heterocycles. The Kier molecular flexibility index (Phi) is 5.25. The molecule has 0 unspecified atom stereocenters. The first-order valence-corrected chi connectivity index (χ1v) is 5.78. The largest absolute Gasteiger partial charge is 0.347 e. The van der Waals surface area contributed by atoms with Crippen LogP contribution in [0.2, 0.25) is 0 Å². The Morgan fingerprint density at radius 3 is 2.56 bits per heavy atom. The highest BCUT2D eigenvalue weighted by molar-refractivity contribution is 5.83. The van der Waals surface area contributed by atoms with Crippen molar-refractivity contribution in [2.75, 3.05) is 33.2 Å². The highest BCUT2D eigenvalue weighted by Gasteiger charge is 2.17. The standard InChI is InChI=1S/C11H21N3O2/c1-9(15)13-7-11(16)14(2)8-10-3-5-12-6-4-10/h10,12H,3-8H2,1-2H3,(H,13,15). The van der Waals surface area contributed by atoms with Crippen LogP contribution < -0.4 is 10.6 Å². The van der Waals surface area contributed by atoms with E-state index in [1.807, 2.05) is 0 Å². The van der Waals surface area contributed by atoms with Gasteiger partial charge in [-0.1, -0.05) is 0 Å². The van der Waals surface area contributed by atoms with Gasteiger partial charge in [-0.25, -0.2) is 0 Å². The van der Waals surface area contributed by atoms with Crippen LogP contribution in [0, 0.1) is 5.92 Å². The Labute approximate surface area is 96.6 Å². The SMILES string of the molecule is CC(=O)NCC(=O)N(C)CC1CCNCC1. The molecule has 0 spiro atoms. The Hall–Kier alpha value is -1.10. The number of piperidine rings is 1. The lowest BCUT2D eigenvalue weighted by Gasteiger charge is -2.27.